The molecule has 0 saturated carbocycles. The average molecular weight is 531 g/mol. The van der Waals surface area contributed by atoms with E-state index in [9.17, 15) is 0 Å². The molecule has 0 radical (unpaired) electrons. The summed E-state index contributed by atoms with van der Waals surface area (Å²) in [6.07, 6.45) is 0. The minimum absolute atomic E-state index is 0.0300. The molecule has 0 aromatic rings. The third-order valence-corrected chi connectivity index (χ3v) is 5.04. The minimum atomic E-state index is -1.44. The van der Waals surface area contributed by atoms with Crippen molar-refractivity contribution >= 4 is 8.32 Å². The lowest BCUT2D eigenvalue weighted by Gasteiger charge is -2.16. The van der Waals surface area contributed by atoms with Crippen molar-refractivity contribution in [2.45, 2.75) is 19.6 Å². The van der Waals surface area contributed by atoms with E-state index >= 15 is 0 Å². The number of ether oxygens (including phenoxy) is 9. The van der Waals surface area contributed by atoms with Crippen LogP contribution in [0.15, 0.2) is 0 Å². The fourth-order valence-electron chi connectivity index (χ4n) is 2.33. The van der Waals surface area contributed by atoms with Crippen LogP contribution in [0.3, 0.4) is 0 Å². The summed E-state index contributed by atoms with van der Waals surface area (Å²) in [5.74, 6) is 0. The average Bonchev–Trinajstić information content (AvgIpc) is 2.82. The van der Waals surface area contributed by atoms with E-state index in [1.165, 1.54) is 0 Å². The van der Waals surface area contributed by atoms with Crippen LogP contribution >= 0.6 is 0 Å². The van der Waals surface area contributed by atoms with Crippen LogP contribution in [0.5, 0.6) is 0 Å². The van der Waals surface area contributed by atoms with Crippen molar-refractivity contribution in [2.75, 3.05) is 132 Å². The minimum Gasteiger partial charge on any atom is -0.415 e. The number of hydrogen-bond donors (Lipinski definition) is 1. The summed E-state index contributed by atoms with van der Waals surface area (Å²) in [7, 11) is -1.44. The molecule has 0 aromatic carbocycles. The normalized spacial score (nSPS) is 12.0. The molecule has 11 nitrogen and oxygen atoms in total. The second kappa shape index (κ2) is 28.3. The Labute approximate surface area is 212 Å². The van der Waals surface area contributed by atoms with Gasteiger partial charge in [0.25, 0.3) is 0 Å². The SMILES string of the molecule is C[Si](C)(C)OCCOCCOCCOCCOCCOCCOCCOCCOCCOCCO. The van der Waals surface area contributed by atoms with Crippen molar-refractivity contribution in [1.82, 2.24) is 0 Å². The van der Waals surface area contributed by atoms with Gasteiger partial charge in [-0.2, -0.15) is 0 Å². The van der Waals surface area contributed by atoms with Gasteiger partial charge in [0.2, 0.25) is 0 Å². The first-order chi connectivity index (χ1) is 17.1. The highest BCUT2D eigenvalue weighted by atomic mass is 28.4. The van der Waals surface area contributed by atoms with Crippen LogP contribution in [0.25, 0.3) is 0 Å². The number of aliphatic hydroxyl groups excluding tert-OH is 1. The first-order valence-corrected chi connectivity index (χ1v) is 15.9. The van der Waals surface area contributed by atoms with Crippen molar-refractivity contribution in [3.8, 4) is 0 Å². The van der Waals surface area contributed by atoms with Gasteiger partial charge >= 0.3 is 0 Å². The fraction of sp³-hybridized carbons (Fsp3) is 1.00. The smallest absolute Gasteiger partial charge is 0.183 e. The van der Waals surface area contributed by atoms with E-state index in [1.807, 2.05) is 0 Å². The Morgan fingerprint density at radius 2 is 0.543 bits per heavy atom. The highest BCUT2D eigenvalue weighted by molar-refractivity contribution is 6.69. The topological polar surface area (TPSA) is 113 Å². The zero-order chi connectivity index (χ0) is 25.7. The van der Waals surface area contributed by atoms with Crippen molar-refractivity contribution in [3.63, 3.8) is 0 Å². The molecule has 0 aromatic heterocycles. The van der Waals surface area contributed by atoms with E-state index in [4.69, 9.17) is 52.2 Å². The van der Waals surface area contributed by atoms with Crippen molar-refractivity contribution in [3.05, 3.63) is 0 Å². The van der Waals surface area contributed by atoms with E-state index in [2.05, 4.69) is 19.6 Å². The predicted molar refractivity (Wildman–Crippen MR) is 134 cm³/mol. The number of hydrogen-bond acceptors (Lipinski definition) is 11. The molecule has 0 fully saturated rings. The van der Waals surface area contributed by atoms with Gasteiger partial charge in [0, 0.05) is 0 Å². The van der Waals surface area contributed by atoms with Crippen LogP contribution in [-0.4, -0.2) is 146 Å². The van der Waals surface area contributed by atoms with Crippen LogP contribution in [0.2, 0.25) is 19.6 Å². The number of aliphatic hydroxyl groups is 1. The van der Waals surface area contributed by atoms with Gasteiger partial charge in [-0.25, -0.2) is 0 Å². The first-order valence-electron chi connectivity index (χ1n) is 12.5. The second-order valence-electron chi connectivity index (χ2n) is 8.20. The summed E-state index contributed by atoms with van der Waals surface area (Å²) in [6.45, 7) is 16.5. The molecule has 0 spiro atoms. The van der Waals surface area contributed by atoms with Crippen molar-refractivity contribution in [1.29, 1.82) is 0 Å². The Morgan fingerprint density at radius 3 is 0.743 bits per heavy atom. The molecule has 1 N–H and O–H groups in total. The zero-order valence-corrected chi connectivity index (χ0v) is 23.2. The lowest BCUT2D eigenvalue weighted by Crippen LogP contribution is -2.27. The summed E-state index contributed by atoms with van der Waals surface area (Å²) in [6, 6.07) is 0. The first kappa shape index (κ1) is 34.8. The van der Waals surface area contributed by atoms with Crippen LogP contribution in [-0.2, 0) is 47.1 Å². The maximum absolute atomic E-state index is 8.55. The fourth-order valence-corrected chi connectivity index (χ4v) is 3.03. The van der Waals surface area contributed by atoms with Crippen LogP contribution in [0, 0.1) is 0 Å². The molecular formula is C23H50O11Si. The summed E-state index contributed by atoms with van der Waals surface area (Å²) in [5.41, 5.74) is 0. The largest absolute Gasteiger partial charge is 0.415 e. The summed E-state index contributed by atoms with van der Waals surface area (Å²) >= 11 is 0. The Balaban J connectivity index is 3.03. The van der Waals surface area contributed by atoms with Gasteiger partial charge < -0.3 is 52.2 Å². The molecule has 35 heavy (non-hydrogen) atoms. The quantitative estimate of drug-likeness (QED) is 0.106. The lowest BCUT2D eigenvalue weighted by molar-refractivity contribution is -0.0259. The summed E-state index contributed by atoms with van der Waals surface area (Å²) in [5, 5.41) is 8.55. The number of rotatable bonds is 30. The van der Waals surface area contributed by atoms with Gasteiger partial charge in [0.15, 0.2) is 8.32 Å². The molecule has 0 rings (SSSR count). The molecule has 0 unspecified atom stereocenters. The van der Waals surface area contributed by atoms with Crippen molar-refractivity contribution in [2.24, 2.45) is 0 Å². The Morgan fingerprint density at radius 1 is 0.343 bits per heavy atom. The van der Waals surface area contributed by atoms with Gasteiger partial charge in [-0.1, -0.05) is 0 Å². The van der Waals surface area contributed by atoms with Crippen molar-refractivity contribution < 1.29 is 52.2 Å². The van der Waals surface area contributed by atoms with Gasteiger partial charge in [0.05, 0.1) is 132 Å². The van der Waals surface area contributed by atoms with E-state index < -0.39 is 8.32 Å². The Bertz CT molecular complexity index is 400. The van der Waals surface area contributed by atoms with Crippen LogP contribution in [0.1, 0.15) is 0 Å². The molecule has 0 aliphatic carbocycles. The molecule has 0 bridgehead atoms. The molecule has 0 atom stereocenters. The lowest BCUT2D eigenvalue weighted by atomic mass is 10.6. The summed E-state index contributed by atoms with van der Waals surface area (Å²) in [4.78, 5) is 0. The summed E-state index contributed by atoms with van der Waals surface area (Å²) < 4.78 is 54.1. The molecule has 0 amide bonds. The molecule has 212 valence electrons. The van der Waals surface area contributed by atoms with Gasteiger partial charge in [0.1, 0.15) is 0 Å². The Hall–Kier alpha value is -0.223. The standard InChI is InChI=1S/C23H50O11Si/c1-35(2,3)34-23-22-33-21-20-32-19-18-31-17-16-30-15-14-29-13-12-28-11-10-27-9-8-26-7-6-25-5-4-24/h24H,4-23H2,1-3H3. The molecule has 0 aliphatic rings. The van der Waals surface area contributed by atoms with Gasteiger partial charge in [-0.15, -0.1) is 0 Å². The highest BCUT2D eigenvalue weighted by Gasteiger charge is 2.12. The van der Waals surface area contributed by atoms with Crippen LogP contribution in [0.4, 0.5) is 0 Å². The van der Waals surface area contributed by atoms with E-state index in [-0.39, 0.29) is 6.61 Å². The van der Waals surface area contributed by atoms with Crippen LogP contribution < -0.4 is 0 Å². The monoisotopic (exact) mass is 530 g/mol. The van der Waals surface area contributed by atoms with Gasteiger partial charge in [-0.05, 0) is 19.6 Å². The molecule has 0 heterocycles. The molecule has 12 heteroatoms. The second-order valence-corrected chi connectivity index (χ2v) is 12.7. The van der Waals surface area contributed by atoms with E-state index in [0.29, 0.717) is 126 Å². The third-order valence-electron chi connectivity index (χ3n) is 3.97. The van der Waals surface area contributed by atoms with Gasteiger partial charge in [-0.3, -0.25) is 0 Å². The third kappa shape index (κ3) is 33.8. The molecule has 0 aliphatic heterocycles. The Kier molecular flexibility index (Phi) is 28.2. The highest BCUT2D eigenvalue weighted by Crippen LogP contribution is 2.01. The van der Waals surface area contributed by atoms with E-state index in [1.54, 1.807) is 0 Å². The van der Waals surface area contributed by atoms with E-state index in [0.717, 1.165) is 0 Å². The molecular weight excluding hydrogens is 480 g/mol. The zero-order valence-electron chi connectivity index (χ0n) is 22.2. The maximum atomic E-state index is 8.55. The maximum Gasteiger partial charge on any atom is 0.183 e. The predicted octanol–water partition coefficient (Wildman–Crippen LogP) is 0.980. The molecule has 0 saturated heterocycles.